The van der Waals surface area contributed by atoms with Crippen LogP contribution in [0.25, 0.3) is 0 Å². The molecule has 1 saturated heterocycles. The molecule has 6 nitrogen and oxygen atoms in total. The van der Waals surface area contributed by atoms with E-state index < -0.39 is 5.66 Å². The summed E-state index contributed by atoms with van der Waals surface area (Å²) in [6.45, 7) is 1.36. The molecule has 2 heterocycles. The average Bonchev–Trinajstić information content (AvgIpc) is 2.72. The van der Waals surface area contributed by atoms with Crippen LogP contribution in [0.15, 0.2) is 58.4 Å². The van der Waals surface area contributed by atoms with Gasteiger partial charge in [0.05, 0.1) is 5.56 Å². The number of nitrogens with zero attached hydrogens (tertiary/aromatic N) is 2. The van der Waals surface area contributed by atoms with E-state index in [1.54, 1.807) is 28.8 Å². The number of amides is 1. The van der Waals surface area contributed by atoms with E-state index in [2.05, 4.69) is 10.3 Å². The van der Waals surface area contributed by atoms with E-state index in [1.165, 1.54) is 6.07 Å². The number of amidine groups is 1. The number of carbonyl (C=O) groups excluding carboxylic acids is 1. The highest BCUT2D eigenvalue weighted by Crippen LogP contribution is 2.35. The van der Waals surface area contributed by atoms with Crippen molar-refractivity contribution in [2.24, 2.45) is 10.7 Å². The van der Waals surface area contributed by atoms with Crippen LogP contribution in [0.5, 0.6) is 0 Å². The van der Waals surface area contributed by atoms with Gasteiger partial charge in [0.15, 0.2) is 0 Å². The average molecular weight is 415 g/mol. The van der Waals surface area contributed by atoms with Crippen molar-refractivity contribution in [1.82, 2.24) is 4.90 Å². The quantitative estimate of drug-likeness (QED) is 0.589. The largest absolute Gasteiger partial charge is 0.449 e. The molecule has 0 bridgehead atoms. The first-order valence-electron chi connectivity index (χ1n) is 9.58. The molecular weight excluding hydrogens is 391 g/mol. The number of ether oxygens (including phenoxy) is 1. The number of carbonyl (C=O) groups is 1. The summed E-state index contributed by atoms with van der Waals surface area (Å²) >= 11 is 1.65. The molecule has 4 rings (SSSR count). The van der Waals surface area contributed by atoms with E-state index >= 15 is 0 Å². The third kappa shape index (κ3) is 4.32. The molecule has 1 fully saturated rings. The Morgan fingerprint density at radius 3 is 2.72 bits per heavy atom. The third-order valence-electron chi connectivity index (χ3n) is 5.14. The number of benzene rings is 2. The number of nitrogens with two attached hydrogens (primary N) is 1. The molecule has 0 unspecified atom stereocenters. The highest BCUT2D eigenvalue weighted by atomic mass is 32.2. The van der Waals surface area contributed by atoms with Crippen molar-refractivity contribution >= 4 is 29.4 Å². The Balaban J connectivity index is 1.28. The van der Waals surface area contributed by atoms with E-state index in [9.17, 15) is 9.18 Å². The number of anilines is 1. The van der Waals surface area contributed by atoms with E-state index in [0.717, 1.165) is 4.90 Å². The first-order chi connectivity index (χ1) is 14.1. The van der Waals surface area contributed by atoms with Crippen LogP contribution in [0, 0.1) is 5.82 Å². The highest BCUT2D eigenvalue weighted by Gasteiger charge is 2.39. The minimum Gasteiger partial charge on any atom is -0.449 e. The van der Waals surface area contributed by atoms with Crippen LogP contribution in [0.4, 0.5) is 14.9 Å². The summed E-state index contributed by atoms with van der Waals surface area (Å²) in [6.07, 6.45) is 0.849. The Bertz CT molecular complexity index is 914. The first kappa shape index (κ1) is 19.6. The number of hydrogen-bond donors (Lipinski definition) is 2. The molecule has 1 amide bonds. The molecule has 0 saturated carbocycles. The second kappa shape index (κ2) is 8.32. The van der Waals surface area contributed by atoms with Crippen molar-refractivity contribution in [1.29, 1.82) is 0 Å². The molecule has 2 aromatic carbocycles. The SMILES string of the molecule is NC1=NC2(CCN(C(=O)OCCSc3ccccc3)CC2)Nc2cccc(F)c21. The number of rotatable bonds is 4. The molecule has 3 N–H and O–H groups in total. The zero-order chi connectivity index (χ0) is 20.3. The normalized spacial score (nSPS) is 17.3. The fraction of sp³-hybridized carbons (Fsp3) is 0.333. The van der Waals surface area contributed by atoms with E-state index in [0.29, 0.717) is 49.5 Å². The standard InChI is InChI=1S/C21H23FN4O2S/c22-16-7-4-8-17-18(16)19(23)25-21(24-17)9-11-26(12-10-21)20(27)28-13-14-29-15-5-2-1-3-6-15/h1-8,24H,9-14H2,(H2,23,25). The molecule has 8 heteroatoms. The molecule has 0 radical (unpaired) electrons. The summed E-state index contributed by atoms with van der Waals surface area (Å²) < 4.78 is 19.4. The van der Waals surface area contributed by atoms with E-state index in [-0.39, 0.29) is 17.7 Å². The van der Waals surface area contributed by atoms with Crippen LogP contribution in [-0.4, -0.2) is 47.9 Å². The predicted molar refractivity (Wildman–Crippen MR) is 113 cm³/mol. The molecule has 2 aliphatic rings. The van der Waals surface area contributed by atoms with Gasteiger partial charge in [-0.15, -0.1) is 11.8 Å². The Labute approximate surface area is 173 Å². The number of fused-ring (bicyclic) bond motifs is 1. The van der Waals surface area contributed by atoms with Gasteiger partial charge >= 0.3 is 6.09 Å². The van der Waals surface area contributed by atoms with Crippen molar-refractivity contribution < 1.29 is 13.9 Å². The minimum atomic E-state index is -0.606. The monoisotopic (exact) mass is 414 g/mol. The van der Waals surface area contributed by atoms with Crippen LogP contribution in [0.3, 0.4) is 0 Å². The summed E-state index contributed by atoms with van der Waals surface area (Å²) in [5.74, 6) is 0.518. The summed E-state index contributed by atoms with van der Waals surface area (Å²) in [5.41, 5.74) is 6.39. The van der Waals surface area contributed by atoms with E-state index in [4.69, 9.17) is 10.5 Å². The van der Waals surface area contributed by atoms with Crippen LogP contribution in [0.1, 0.15) is 18.4 Å². The van der Waals surface area contributed by atoms with Gasteiger partial charge in [0.2, 0.25) is 0 Å². The van der Waals surface area contributed by atoms with Crippen molar-refractivity contribution in [3.63, 3.8) is 0 Å². The number of thioether (sulfide) groups is 1. The molecule has 152 valence electrons. The zero-order valence-electron chi connectivity index (χ0n) is 15.9. The lowest BCUT2D eigenvalue weighted by atomic mass is 9.94. The van der Waals surface area contributed by atoms with Gasteiger partial charge in [-0.3, -0.25) is 0 Å². The molecule has 1 spiro atoms. The van der Waals surface area contributed by atoms with Crippen molar-refractivity contribution in [2.75, 3.05) is 30.8 Å². The van der Waals surface area contributed by atoms with Gasteiger partial charge in [-0.05, 0) is 24.3 Å². The molecular formula is C21H23FN4O2S. The number of halogens is 1. The Morgan fingerprint density at radius 2 is 1.97 bits per heavy atom. The topological polar surface area (TPSA) is 80.0 Å². The molecule has 0 aromatic heterocycles. The van der Waals surface area contributed by atoms with Crippen LogP contribution < -0.4 is 11.1 Å². The lowest BCUT2D eigenvalue weighted by Gasteiger charge is -2.42. The lowest BCUT2D eigenvalue weighted by Crippen LogP contribution is -2.52. The van der Waals surface area contributed by atoms with Crippen molar-refractivity contribution in [2.45, 2.75) is 23.4 Å². The van der Waals surface area contributed by atoms with Crippen LogP contribution >= 0.6 is 11.8 Å². The number of hydrogen-bond acceptors (Lipinski definition) is 6. The van der Waals surface area contributed by atoms with Crippen LogP contribution in [0.2, 0.25) is 0 Å². The van der Waals surface area contributed by atoms with Gasteiger partial charge in [0.1, 0.15) is 23.9 Å². The number of piperidine rings is 1. The van der Waals surface area contributed by atoms with E-state index in [1.807, 2.05) is 30.3 Å². The second-order valence-electron chi connectivity index (χ2n) is 7.08. The molecule has 2 aliphatic heterocycles. The lowest BCUT2D eigenvalue weighted by molar-refractivity contribution is 0.0913. The molecule has 0 atom stereocenters. The fourth-order valence-electron chi connectivity index (χ4n) is 3.65. The first-order valence-corrected chi connectivity index (χ1v) is 10.6. The van der Waals surface area contributed by atoms with Crippen LogP contribution in [-0.2, 0) is 4.74 Å². The van der Waals surface area contributed by atoms with Gasteiger partial charge < -0.3 is 20.7 Å². The maximum atomic E-state index is 14.0. The predicted octanol–water partition coefficient (Wildman–Crippen LogP) is 3.68. The summed E-state index contributed by atoms with van der Waals surface area (Å²) in [4.78, 5) is 19.7. The number of aliphatic imine (C=N–C) groups is 1. The Hall–Kier alpha value is -2.74. The number of nitrogens with one attached hydrogen (secondary N) is 1. The van der Waals surface area contributed by atoms with Gasteiger partial charge in [0, 0.05) is 42.3 Å². The zero-order valence-corrected chi connectivity index (χ0v) is 16.8. The Kier molecular flexibility index (Phi) is 5.62. The van der Waals surface area contributed by atoms with Gasteiger partial charge in [-0.1, -0.05) is 24.3 Å². The van der Waals surface area contributed by atoms with Crippen molar-refractivity contribution in [3.05, 3.63) is 59.9 Å². The Morgan fingerprint density at radius 1 is 1.21 bits per heavy atom. The molecule has 2 aromatic rings. The summed E-state index contributed by atoms with van der Waals surface area (Å²) in [5, 5.41) is 3.32. The minimum absolute atomic E-state index is 0.200. The summed E-state index contributed by atoms with van der Waals surface area (Å²) in [6, 6.07) is 14.8. The maximum Gasteiger partial charge on any atom is 0.409 e. The van der Waals surface area contributed by atoms with Gasteiger partial charge in [-0.25, -0.2) is 14.2 Å². The second-order valence-corrected chi connectivity index (χ2v) is 8.25. The smallest absolute Gasteiger partial charge is 0.409 e. The maximum absolute atomic E-state index is 14.0. The number of likely N-dealkylation sites (tertiary alicyclic amines) is 1. The van der Waals surface area contributed by atoms with Gasteiger partial charge in [-0.2, -0.15) is 0 Å². The molecule has 29 heavy (non-hydrogen) atoms. The highest BCUT2D eigenvalue weighted by molar-refractivity contribution is 7.99. The molecule has 0 aliphatic carbocycles. The summed E-state index contributed by atoms with van der Waals surface area (Å²) in [7, 11) is 0. The fourth-order valence-corrected chi connectivity index (χ4v) is 4.40. The van der Waals surface area contributed by atoms with Gasteiger partial charge in [0.25, 0.3) is 0 Å². The van der Waals surface area contributed by atoms with Crippen molar-refractivity contribution in [3.8, 4) is 0 Å². The third-order valence-corrected chi connectivity index (χ3v) is 6.12.